The average Bonchev–Trinajstić information content (AvgIpc) is 3.01. The fourth-order valence-corrected chi connectivity index (χ4v) is 1.89. The molecule has 0 saturated heterocycles. The lowest BCUT2D eigenvalue weighted by Crippen LogP contribution is -2.25. The van der Waals surface area contributed by atoms with Crippen molar-refractivity contribution < 1.29 is 5.11 Å². The highest BCUT2D eigenvalue weighted by Crippen LogP contribution is 2.46. The maximum Gasteiger partial charge on any atom is 0.110 e. The minimum atomic E-state index is -0.857. The van der Waals surface area contributed by atoms with Gasteiger partial charge in [0.25, 0.3) is 0 Å². The van der Waals surface area contributed by atoms with Crippen LogP contribution in [0.1, 0.15) is 18.4 Å². The summed E-state index contributed by atoms with van der Waals surface area (Å²) < 4.78 is 0. The van der Waals surface area contributed by atoms with E-state index in [1.165, 1.54) is 0 Å². The van der Waals surface area contributed by atoms with E-state index in [-0.39, 0.29) is 0 Å². The molecule has 1 atom stereocenters. The van der Waals surface area contributed by atoms with Crippen LogP contribution >= 0.6 is 11.6 Å². The third-order valence-electron chi connectivity index (χ3n) is 2.82. The Bertz CT molecular complexity index is 340. The lowest BCUT2D eigenvalue weighted by Gasteiger charge is -2.24. The zero-order valence-electron chi connectivity index (χ0n) is 7.91. The van der Waals surface area contributed by atoms with Crippen LogP contribution < -0.4 is 0 Å². The van der Waals surface area contributed by atoms with Gasteiger partial charge < -0.3 is 5.11 Å². The number of hydrogen-bond acceptors (Lipinski definition) is 1. The maximum atomic E-state index is 10.4. The smallest absolute Gasteiger partial charge is 0.110 e. The predicted octanol–water partition coefficient (Wildman–Crippen LogP) is 3.12. The van der Waals surface area contributed by atoms with Crippen molar-refractivity contribution in [2.75, 3.05) is 0 Å². The highest BCUT2D eigenvalue weighted by molar-refractivity contribution is 6.30. The second-order valence-electron chi connectivity index (χ2n) is 3.81. The van der Waals surface area contributed by atoms with Crippen LogP contribution in [0.4, 0.5) is 0 Å². The fourth-order valence-electron chi connectivity index (χ4n) is 1.76. The van der Waals surface area contributed by atoms with Crippen molar-refractivity contribution >= 4 is 11.6 Å². The molecule has 1 N–H and O–H groups in total. The highest BCUT2D eigenvalue weighted by Gasteiger charge is 2.42. The van der Waals surface area contributed by atoms with Gasteiger partial charge in [-0.3, -0.25) is 0 Å². The minimum Gasteiger partial charge on any atom is -0.381 e. The molecule has 74 valence electrons. The number of halogens is 1. The molecule has 2 heteroatoms. The van der Waals surface area contributed by atoms with E-state index in [0.29, 0.717) is 10.9 Å². The lowest BCUT2D eigenvalue weighted by atomic mass is 9.89. The van der Waals surface area contributed by atoms with E-state index < -0.39 is 5.60 Å². The van der Waals surface area contributed by atoms with Gasteiger partial charge in [0.1, 0.15) is 5.60 Å². The molecule has 0 aromatic heterocycles. The molecule has 14 heavy (non-hydrogen) atoms. The molecular weight excluding hydrogens is 196 g/mol. The summed E-state index contributed by atoms with van der Waals surface area (Å²) in [6.07, 6.45) is 3.78. The third-order valence-corrected chi connectivity index (χ3v) is 3.07. The van der Waals surface area contributed by atoms with Crippen molar-refractivity contribution in [3.63, 3.8) is 0 Å². The second kappa shape index (κ2) is 3.41. The van der Waals surface area contributed by atoms with E-state index in [2.05, 4.69) is 6.58 Å². The number of benzene rings is 1. The van der Waals surface area contributed by atoms with E-state index in [4.69, 9.17) is 11.6 Å². The molecule has 0 amide bonds. The average molecular weight is 209 g/mol. The van der Waals surface area contributed by atoms with E-state index in [0.717, 1.165) is 18.4 Å². The Labute approximate surface area is 89.0 Å². The van der Waals surface area contributed by atoms with Crippen molar-refractivity contribution in [1.82, 2.24) is 0 Å². The summed E-state index contributed by atoms with van der Waals surface area (Å²) in [6, 6.07) is 7.33. The molecule has 0 heterocycles. The van der Waals surface area contributed by atoms with Crippen LogP contribution in [0.5, 0.6) is 0 Å². The summed E-state index contributed by atoms with van der Waals surface area (Å²) in [7, 11) is 0. The molecule has 2 rings (SSSR count). The topological polar surface area (TPSA) is 20.2 Å². The van der Waals surface area contributed by atoms with Gasteiger partial charge in [-0.25, -0.2) is 0 Å². The second-order valence-corrected chi connectivity index (χ2v) is 4.25. The van der Waals surface area contributed by atoms with Gasteiger partial charge >= 0.3 is 0 Å². The lowest BCUT2D eigenvalue weighted by molar-refractivity contribution is 0.0654. The van der Waals surface area contributed by atoms with Crippen molar-refractivity contribution in [1.29, 1.82) is 0 Å². The molecule has 1 aliphatic carbocycles. The standard InChI is InChI=1S/C12H13ClO/c1-2-12(14,9-3-4-9)10-5-7-11(13)8-6-10/h2,5-9,14H,1,3-4H2. The molecule has 1 aromatic rings. The van der Waals surface area contributed by atoms with E-state index >= 15 is 0 Å². The van der Waals surface area contributed by atoms with Gasteiger partial charge in [0.2, 0.25) is 0 Å². The van der Waals surface area contributed by atoms with Crippen LogP contribution in [0, 0.1) is 5.92 Å². The fraction of sp³-hybridized carbons (Fsp3) is 0.333. The van der Waals surface area contributed by atoms with Crippen LogP contribution in [0.2, 0.25) is 5.02 Å². The monoisotopic (exact) mass is 208 g/mol. The minimum absolute atomic E-state index is 0.334. The molecule has 0 aliphatic heterocycles. The quantitative estimate of drug-likeness (QED) is 0.757. The number of hydrogen-bond donors (Lipinski definition) is 1. The molecule has 0 radical (unpaired) electrons. The van der Waals surface area contributed by atoms with Crippen molar-refractivity contribution in [3.8, 4) is 0 Å². The SMILES string of the molecule is C=CC(O)(c1ccc(Cl)cc1)C1CC1. The Hall–Kier alpha value is -0.790. The normalized spacial score (nSPS) is 20.1. The summed E-state index contributed by atoms with van der Waals surface area (Å²) in [5.41, 5.74) is 0.0318. The van der Waals surface area contributed by atoms with Gasteiger partial charge in [0.15, 0.2) is 0 Å². The Balaban J connectivity index is 2.35. The van der Waals surface area contributed by atoms with Gasteiger partial charge in [-0.2, -0.15) is 0 Å². The van der Waals surface area contributed by atoms with Gasteiger partial charge in [-0.05, 0) is 36.5 Å². The summed E-state index contributed by atoms with van der Waals surface area (Å²) in [5.74, 6) is 0.334. The highest BCUT2D eigenvalue weighted by atomic mass is 35.5. The summed E-state index contributed by atoms with van der Waals surface area (Å²) in [4.78, 5) is 0. The van der Waals surface area contributed by atoms with Crippen molar-refractivity contribution in [2.45, 2.75) is 18.4 Å². The van der Waals surface area contributed by atoms with Crippen LogP contribution in [-0.2, 0) is 5.60 Å². The number of aliphatic hydroxyl groups is 1. The Morgan fingerprint density at radius 2 is 1.93 bits per heavy atom. The molecule has 1 saturated carbocycles. The molecule has 0 bridgehead atoms. The number of rotatable bonds is 3. The Morgan fingerprint density at radius 1 is 1.36 bits per heavy atom. The molecule has 1 aromatic carbocycles. The largest absolute Gasteiger partial charge is 0.381 e. The first kappa shape index (κ1) is 9.75. The van der Waals surface area contributed by atoms with Crippen LogP contribution in [-0.4, -0.2) is 5.11 Å². The Kier molecular flexibility index (Phi) is 2.38. The Morgan fingerprint density at radius 3 is 2.36 bits per heavy atom. The van der Waals surface area contributed by atoms with Gasteiger partial charge in [0, 0.05) is 5.02 Å². The van der Waals surface area contributed by atoms with Crippen molar-refractivity contribution in [2.24, 2.45) is 5.92 Å². The predicted molar refractivity (Wildman–Crippen MR) is 58.3 cm³/mol. The third kappa shape index (κ3) is 1.58. The molecule has 1 unspecified atom stereocenters. The summed E-state index contributed by atoms with van der Waals surface area (Å²) >= 11 is 5.79. The van der Waals surface area contributed by atoms with E-state index in [9.17, 15) is 5.11 Å². The van der Waals surface area contributed by atoms with Crippen LogP contribution in [0.3, 0.4) is 0 Å². The zero-order chi connectivity index (χ0) is 10.2. The molecule has 0 spiro atoms. The summed E-state index contributed by atoms with van der Waals surface area (Å²) in [5, 5.41) is 11.1. The van der Waals surface area contributed by atoms with Crippen molar-refractivity contribution in [3.05, 3.63) is 47.5 Å². The maximum absolute atomic E-state index is 10.4. The molecule has 1 nitrogen and oxygen atoms in total. The van der Waals surface area contributed by atoms with Gasteiger partial charge in [0.05, 0.1) is 0 Å². The molecule has 1 aliphatic rings. The van der Waals surface area contributed by atoms with Crippen LogP contribution in [0.25, 0.3) is 0 Å². The molecular formula is C12H13ClO. The van der Waals surface area contributed by atoms with E-state index in [1.54, 1.807) is 18.2 Å². The first-order valence-corrected chi connectivity index (χ1v) is 5.16. The first-order valence-electron chi connectivity index (χ1n) is 4.79. The van der Waals surface area contributed by atoms with Crippen LogP contribution in [0.15, 0.2) is 36.9 Å². The van der Waals surface area contributed by atoms with E-state index in [1.807, 2.05) is 12.1 Å². The molecule has 1 fully saturated rings. The first-order chi connectivity index (χ1) is 6.66. The van der Waals surface area contributed by atoms with Gasteiger partial charge in [-0.15, -0.1) is 0 Å². The van der Waals surface area contributed by atoms with Gasteiger partial charge in [-0.1, -0.05) is 36.4 Å². The summed E-state index contributed by atoms with van der Waals surface area (Å²) in [6.45, 7) is 3.71. The zero-order valence-corrected chi connectivity index (χ0v) is 8.67.